The summed E-state index contributed by atoms with van der Waals surface area (Å²) in [5.41, 5.74) is 0.428. The van der Waals surface area contributed by atoms with Crippen LogP contribution in [0.1, 0.15) is 45.8 Å². The lowest BCUT2D eigenvalue weighted by atomic mass is 9.92. The second kappa shape index (κ2) is 6.58. The first kappa shape index (κ1) is 14.6. The number of hydrogen-bond donors (Lipinski definition) is 1. The van der Waals surface area contributed by atoms with Gasteiger partial charge in [-0.1, -0.05) is 20.8 Å². The molecule has 0 bridgehead atoms. The topological polar surface area (TPSA) is 28.4 Å². The monoisotopic (exact) mass is 264 g/mol. The second-order valence-electron chi connectivity index (χ2n) is 6.84. The Balaban J connectivity index is 1.64. The maximum absolute atomic E-state index is 5.45. The zero-order valence-electron chi connectivity index (χ0n) is 12.6. The minimum absolute atomic E-state index is 0.428. The second-order valence-corrected chi connectivity index (χ2v) is 6.84. The average Bonchev–Trinajstić information content (AvgIpc) is 3.04. The predicted octanol–water partition coefficient (Wildman–Crippen LogP) is 3.27. The molecule has 1 saturated carbocycles. The Morgan fingerprint density at radius 2 is 2.11 bits per heavy atom. The molecule has 3 heteroatoms. The highest BCUT2D eigenvalue weighted by Gasteiger charge is 2.28. The molecule has 0 aliphatic heterocycles. The van der Waals surface area contributed by atoms with Crippen LogP contribution in [0.15, 0.2) is 22.8 Å². The fourth-order valence-electron chi connectivity index (χ4n) is 2.24. The van der Waals surface area contributed by atoms with Gasteiger partial charge < -0.3 is 9.73 Å². The first-order valence-corrected chi connectivity index (χ1v) is 7.52. The van der Waals surface area contributed by atoms with Crippen LogP contribution >= 0.6 is 0 Å². The van der Waals surface area contributed by atoms with Gasteiger partial charge in [-0.3, -0.25) is 4.90 Å². The minimum Gasteiger partial charge on any atom is -0.468 e. The molecule has 1 fully saturated rings. The van der Waals surface area contributed by atoms with Crippen molar-refractivity contribution in [3.63, 3.8) is 0 Å². The van der Waals surface area contributed by atoms with E-state index >= 15 is 0 Å². The molecule has 0 amide bonds. The molecule has 108 valence electrons. The first-order chi connectivity index (χ1) is 9.04. The highest BCUT2D eigenvalue weighted by atomic mass is 16.3. The lowest BCUT2D eigenvalue weighted by molar-refractivity contribution is 0.232. The van der Waals surface area contributed by atoms with Crippen molar-refractivity contribution in [2.45, 2.75) is 52.6 Å². The Morgan fingerprint density at radius 3 is 2.68 bits per heavy atom. The van der Waals surface area contributed by atoms with Gasteiger partial charge >= 0.3 is 0 Å². The smallest absolute Gasteiger partial charge is 0.117 e. The standard InChI is InChI=1S/C16H28N2O/c1-16(2,3)8-9-17-10-11-18(14-6-7-14)13-15-5-4-12-19-15/h4-5,12,14,17H,6-11,13H2,1-3H3. The highest BCUT2D eigenvalue weighted by molar-refractivity contribution is 4.99. The number of hydrogen-bond acceptors (Lipinski definition) is 3. The van der Waals surface area contributed by atoms with Gasteiger partial charge in [-0.25, -0.2) is 0 Å². The van der Waals surface area contributed by atoms with Gasteiger partial charge in [0.05, 0.1) is 12.8 Å². The van der Waals surface area contributed by atoms with Crippen LogP contribution in [-0.4, -0.2) is 30.6 Å². The van der Waals surface area contributed by atoms with E-state index in [4.69, 9.17) is 4.42 Å². The van der Waals surface area contributed by atoms with Crippen LogP contribution < -0.4 is 5.32 Å². The number of nitrogens with one attached hydrogen (secondary N) is 1. The number of furan rings is 1. The number of nitrogens with zero attached hydrogens (tertiary/aromatic N) is 1. The van der Waals surface area contributed by atoms with Gasteiger partial charge in [-0.2, -0.15) is 0 Å². The molecule has 3 nitrogen and oxygen atoms in total. The van der Waals surface area contributed by atoms with Crippen LogP contribution in [0.3, 0.4) is 0 Å². The van der Waals surface area contributed by atoms with Crippen molar-refractivity contribution >= 4 is 0 Å². The van der Waals surface area contributed by atoms with E-state index in [9.17, 15) is 0 Å². The average molecular weight is 264 g/mol. The SMILES string of the molecule is CC(C)(C)CCNCCN(Cc1ccco1)C1CC1. The third-order valence-electron chi connectivity index (χ3n) is 3.63. The van der Waals surface area contributed by atoms with Crippen LogP contribution in [0.4, 0.5) is 0 Å². The lowest BCUT2D eigenvalue weighted by Crippen LogP contribution is -2.34. The molecule has 0 aromatic carbocycles. The summed E-state index contributed by atoms with van der Waals surface area (Å²) in [4.78, 5) is 2.54. The lowest BCUT2D eigenvalue weighted by Gasteiger charge is -2.22. The first-order valence-electron chi connectivity index (χ1n) is 7.52. The van der Waals surface area contributed by atoms with Crippen molar-refractivity contribution in [1.82, 2.24) is 10.2 Å². The van der Waals surface area contributed by atoms with Crippen molar-refractivity contribution in [3.05, 3.63) is 24.2 Å². The van der Waals surface area contributed by atoms with Gasteiger partial charge in [0.1, 0.15) is 5.76 Å². The van der Waals surface area contributed by atoms with E-state index in [-0.39, 0.29) is 0 Å². The van der Waals surface area contributed by atoms with Gasteiger partial charge in [0.2, 0.25) is 0 Å². The summed E-state index contributed by atoms with van der Waals surface area (Å²) in [5, 5.41) is 3.56. The molecule has 0 spiro atoms. The summed E-state index contributed by atoms with van der Waals surface area (Å²) in [5.74, 6) is 1.08. The molecular weight excluding hydrogens is 236 g/mol. The Hall–Kier alpha value is -0.800. The maximum atomic E-state index is 5.45. The van der Waals surface area contributed by atoms with Crippen LogP contribution in [0.5, 0.6) is 0 Å². The van der Waals surface area contributed by atoms with Gasteiger partial charge in [0.15, 0.2) is 0 Å². The van der Waals surface area contributed by atoms with E-state index < -0.39 is 0 Å². The molecule has 1 aromatic heterocycles. The van der Waals surface area contributed by atoms with E-state index in [1.54, 1.807) is 6.26 Å². The Labute approximate surface area is 117 Å². The third-order valence-corrected chi connectivity index (χ3v) is 3.63. The molecule has 2 rings (SSSR count). The van der Waals surface area contributed by atoms with E-state index in [0.29, 0.717) is 5.41 Å². The molecular formula is C16H28N2O. The molecule has 0 atom stereocenters. The fraction of sp³-hybridized carbons (Fsp3) is 0.750. The molecule has 0 radical (unpaired) electrons. The van der Waals surface area contributed by atoms with Crippen molar-refractivity contribution in [2.75, 3.05) is 19.6 Å². The summed E-state index contributed by atoms with van der Waals surface area (Å²) >= 11 is 0. The van der Waals surface area contributed by atoms with Crippen molar-refractivity contribution in [2.24, 2.45) is 5.41 Å². The van der Waals surface area contributed by atoms with E-state index in [1.807, 2.05) is 6.07 Å². The summed E-state index contributed by atoms with van der Waals surface area (Å²) in [6.07, 6.45) is 5.70. The fourth-order valence-corrected chi connectivity index (χ4v) is 2.24. The maximum Gasteiger partial charge on any atom is 0.117 e. The van der Waals surface area contributed by atoms with Crippen LogP contribution in [0.2, 0.25) is 0 Å². The molecule has 1 aliphatic rings. The largest absolute Gasteiger partial charge is 0.468 e. The molecule has 19 heavy (non-hydrogen) atoms. The summed E-state index contributed by atoms with van der Waals surface area (Å²) in [7, 11) is 0. The van der Waals surface area contributed by atoms with E-state index in [0.717, 1.165) is 38.0 Å². The third kappa shape index (κ3) is 5.79. The van der Waals surface area contributed by atoms with Crippen LogP contribution in [-0.2, 0) is 6.54 Å². The Morgan fingerprint density at radius 1 is 1.32 bits per heavy atom. The highest BCUT2D eigenvalue weighted by Crippen LogP contribution is 2.27. The van der Waals surface area contributed by atoms with Crippen LogP contribution in [0, 0.1) is 5.41 Å². The van der Waals surface area contributed by atoms with Crippen LogP contribution in [0.25, 0.3) is 0 Å². The summed E-state index contributed by atoms with van der Waals surface area (Å²) < 4.78 is 5.45. The van der Waals surface area contributed by atoms with Gasteiger partial charge in [-0.05, 0) is 43.4 Å². The van der Waals surface area contributed by atoms with Crippen molar-refractivity contribution in [1.29, 1.82) is 0 Å². The summed E-state index contributed by atoms with van der Waals surface area (Å²) in [6, 6.07) is 4.83. The van der Waals surface area contributed by atoms with Crippen molar-refractivity contribution in [3.8, 4) is 0 Å². The van der Waals surface area contributed by atoms with Crippen molar-refractivity contribution < 1.29 is 4.42 Å². The number of rotatable bonds is 8. The van der Waals surface area contributed by atoms with Gasteiger partial charge in [-0.15, -0.1) is 0 Å². The molecule has 1 aliphatic carbocycles. The quantitative estimate of drug-likeness (QED) is 0.731. The van der Waals surface area contributed by atoms with E-state index in [2.05, 4.69) is 37.1 Å². The van der Waals surface area contributed by atoms with Gasteiger partial charge in [0, 0.05) is 19.1 Å². The summed E-state index contributed by atoms with van der Waals surface area (Å²) in [6.45, 7) is 11.1. The zero-order valence-corrected chi connectivity index (χ0v) is 12.6. The molecule has 0 saturated heterocycles. The molecule has 1 heterocycles. The Bertz CT molecular complexity index is 349. The molecule has 1 aromatic rings. The predicted molar refractivity (Wildman–Crippen MR) is 79.1 cm³/mol. The Kier molecular flexibility index (Phi) is 5.06. The normalized spacial score (nSPS) is 16.2. The van der Waals surface area contributed by atoms with Gasteiger partial charge in [0.25, 0.3) is 0 Å². The minimum atomic E-state index is 0.428. The van der Waals surface area contributed by atoms with E-state index in [1.165, 1.54) is 19.3 Å². The zero-order chi connectivity index (χ0) is 13.7. The molecule has 1 N–H and O–H groups in total. The molecule has 0 unspecified atom stereocenters.